The van der Waals surface area contributed by atoms with Crippen LogP contribution in [0.2, 0.25) is 0 Å². The minimum atomic E-state index is -0.345. The van der Waals surface area contributed by atoms with E-state index >= 15 is 0 Å². The monoisotopic (exact) mass is 190 g/mol. The van der Waals surface area contributed by atoms with Gasteiger partial charge in [0.25, 0.3) is 0 Å². The Kier molecular flexibility index (Phi) is 6.90. The molecule has 1 N–H and O–H groups in total. The first-order valence-corrected chi connectivity index (χ1v) is 4.91. The van der Waals surface area contributed by atoms with E-state index in [0.717, 1.165) is 0 Å². The first-order valence-electron chi connectivity index (χ1n) is 3.75. The molecule has 0 aliphatic carbocycles. The van der Waals surface area contributed by atoms with Gasteiger partial charge in [-0.2, -0.15) is 11.8 Å². The zero-order valence-corrected chi connectivity index (χ0v) is 8.02. The largest absolute Gasteiger partial charge is 0.463 e. The predicted molar refractivity (Wildman–Crippen MR) is 50.2 cm³/mol. The van der Waals surface area contributed by atoms with Crippen LogP contribution in [-0.2, 0) is 9.53 Å². The number of thioether (sulfide) groups is 1. The average Bonchev–Trinajstić information content (AvgIpc) is 2.05. The van der Waals surface area contributed by atoms with Crippen LogP contribution >= 0.6 is 11.8 Å². The van der Waals surface area contributed by atoms with Gasteiger partial charge in [-0.05, 0) is 6.92 Å². The molecular formula is C8H14O3S. The molecule has 0 saturated carbocycles. The van der Waals surface area contributed by atoms with E-state index in [0.29, 0.717) is 23.7 Å². The highest BCUT2D eigenvalue weighted by Gasteiger charge is 2.06. The molecule has 3 nitrogen and oxygen atoms in total. The summed E-state index contributed by atoms with van der Waals surface area (Å²) in [5.74, 6) is 0.806. The zero-order chi connectivity index (χ0) is 9.40. The van der Waals surface area contributed by atoms with Crippen LogP contribution in [0, 0.1) is 0 Å². The minimum Gasteiger partial charge on any atom is -0.463 e. The van der Waals surface area contributed by atoms with Gasteiger partial charge in [-0.25, -0.2) is 4.79 Å². The second kappa shape index (κ2) is 7.18. The van der Waals surface area contributed by atoms with Gasteiger partial charge in [-0.15, -0.1) is 0 Å². The molecule has 0 rings (SSSR count). The maximum Gasteiger partial charge on any atom is 0.334 e. The smallest absolute Gasteiger partial charge is 0.334 e. The highest BCUT2D eigenvalue weighted by atomic mass is 32.2. The van der Waals surface area contributed by atoms with Crippen LogP contribution in [0.4, 0.5) is 0 Å². The normalized spacial score (nSPS) is 9.50. The average molecular weight is 190 g/mol. The zero-order valence-electron chi connectivity index (χ0n) is 7.21. The summed E-state index contributed by atoms with van der Waals surface area (Å²) in [6.07, 6.45) is 0. The Balaban J connectivity index is 3.50. The highest BCUT2D eigenvalue weighted by Crippen LogP contribution is 2.06. The lowest BCUT2D eigenvalue weighted by molar-refractivity contribution is -0.138. The maximum atomic E-state index is 10.9. The number of carbonyl (C=O) groups is 1. The Hall–Kier alpha value is -0.480. The number of rotatable bonds is 6. The highest BCUT2D eigenvalue weighted by molar-refractivity contribution is 7.99. The number of hydrogen-bond donors (Lipinski definition) is 1. The van der Waals surface area contributed by atoms with Crippen molar-refractivity contribution in [1.29, 1.82) is 0 Å². The van der Waals surface area contributed by atoms with Crippen molar-refractivity contribution in [1.82, 2.24) is 0 Å². The Morgan fingerprint density at radius 2 is 2.33 bits per heavy atom. The van der Waals surface area contributed by atoms with Crippen LogP contribution in [0.25, 0.3) is 0 Å². The summed E-state index contributed by atoms with van der Waals surface area (Å²) < 4.78 is 4.72. The van der Waals surface area contributed by atoms with E-state index in [4.69, 9.17) is 9.84 Å². The molecule has 70 valence electrons. The van der Waals surface area contributed by atoms with Gasteiger partial charge >= 0.3 is 5.97 Å². The van der Waals surface area contributed by atoms with Crippen LogP contribution < -0.4 is 0 Å². The van der Waals surface area contributed by atoms with E-state index in [-0.39, 0.29) is 12.6 Å². The van der Waals surface area contributed by atoms with E-state index in [1.165, 1.54) is 11.8 Å². The molecule has 0 heterocycles. The fourth-order valence-corrected chi connectivity index (χ4v) is 1.19. The lowest BCUT2D eigenvalue weighted by Crippen LogP contribution is -2.08. The third-order valence-electron chi connectivity index (χ3n) is 1.08. The molecule has 0 spiro atoms. The molecular weight excluding hydrogens is 176 g/mol. The van der Waals surface area contributed by atoms with Gasteiger partial charge in [0.05, 0.1) is 13.2 Å². The summed E-state index contributed by atoms with van der Waals surface area (Å²) >= 11 is 1.47. The molecule has 0 saturated heterocycles. The van der Waals surface area contributed by atoms with E-state index in [1.54, 1.807) is 6.92 Å². The molecule has 0 aromatic rings. The van der Waals surface area contributed by atoms with Crippen molar-refractivity contribution in [2.24, 2.45) is 0 Å². The Labute approximate surface area is 76.8 Å². The summed E-state index contributed by atoms with van der Waals surface area (Å²) in [6, 6.07) is 0. The summed E-state index contributed by atoms with van der Waals surface area (Å²) in [6.45, 7) is 5.83. The van der Waals surface area contributed by atoms with Crippen molar-refractivity contribution >= 4 is 17.7 Å². The third kappa shape index (κ3) is 5.21. The maximum absolute atomic E-state index is 10.9. The standard InChI is InChI=1S/C8H14O3S/c1-3-11-8(10)7(2)6-12-5-4-9/h9H,2-6H2,1H3. The second-order valence-electron chi connectivity index (χ2n) is 2.10. The van der Waals surface area contributed by atoms with Crippen molar-refractivity contribution in [2.75, 3.05) is 24.7 Å². The summed E-state index contributed by atoms with van der Waals surface area (Å²) in [4.78, 5) is 10.9. The number of aliphatic hydroxyl groups is 1. The summed E-state index contributed by atoms with van der Waals surface area (Å²) in [5, 5.41) is 8.45. The Morgan fingerprint density at radius 1 is 1.67 bits per heavy atom. The SMILES string of the molecule is C=C(CSCCO)C(=O)OCC. The number of hydrogen-bond acceptors (Lipinski definition) is 4. The van der Waals surface area contributed by atoms with Crippen LogP contribution in [0.3, 0.4) is 0 Å². The van der Waals surface area contributed by atoms with Gasteiger partial charge < -0.3 is 9.84 Å². The number of aliphatic hydroxyl groups excluding tert-OH is 1. The second-order valence-corrected chi connectivity index (χ2v) is 3.21. The van der Waals surface area contributed by atoms with Gasteiger partial charge in [0.1, 0.15) is 0 Å². The van der Waals surface area contributed by atoms with E-state index in [1.807, 2.05) is 0 Å². The van der Waals surface area contributed by atoms with Gasteiger partial charge in [0.2, 0.25) is 0 Å². The first kappa shape index (κ1) is 11.5. The predicted octanol–water partition coefficient (Wildman–Crippen LogP) is 0.831. The van der Waals surface area contributed by atoms with Gasteiger partial charge in [0, 0.05) is 17.1 Å². The van der Waals surface area contributed by atoms with Gasteiger partial charge in [0.15, 0.2) is 0 Å². The van der Waals surface area contributed by atoms with E-state index < -0.39 is 0 Å². The van der Waals surface area contributed by atoms with Crippen LogP contribution in [-0.4, -0.2) is 35.8 Å². The number of ether oxygens (including phenoxy) is 1. The van der Waals surface area contributed by atoms with Crippen LogP contribution in [0.15, 0.2) is 12.2 Å². The molecule has 0 bridgehead atoms. The molecule has 0 unspecified atom stereocenters. The minimum absolute atomic E-state index is 0.126. The van der Waals surface area contributed by atoms with Crippen molar-refractivity contribution in [3.8, 4) is 0 Å². The van der Waals surface area contributed by atoms with Crippen molar-refractivity contribution < 1.29 is 14.6 Å². The van der Waals surface area contributed by atoms with E-state index in [2.05, 4.69) is 6.58 Å². The number of esters is 1. The van der Waals surface area contributed by atoms with Gasteiger partial charge in [-0.3, -0.25) is 0 Å². The first-order chi connectivity index (χ1) is 5.72. The molecule has 0 atom stereocenters. The topological polar surface area (TPSA) is 46.5 Å². The lowest BCUT2D eigenvalue weighted by atomic mass is 10.4. The molecule has 12 heavy (non-hydrogen) atoms. The van der Waals surface area contributed by atoms with Crippen molar-refractivity contribution in [3.63, 3.8) is 0 Å². The lowest BCUT2D eigenvalue weighted by Gasteiger charge is -2.03. The fraction of sp³-hybridized carbons (Fsp3) is 0.625. The molecule has 0 radical (unpaired) electrons. The Bertz CT molecular complexity index is 156. The molecule has 0 aliphatic heterocycles. The molecule has 0 fully saturated rings. The van der Waals surface area contributed by atoms with Crippen molar-refractivity contribution in [2.45, 2.75) is 6.92 Å². The summed E-state index contributed by atoms with van der Waals surface area (Å²) in [7, 11) is 0. The molecule has 0 amide bonds. The van der Waals surface area contributed by atoms with Gasteiger partial charge in [-0.1, -0.05) is 6.58 Å². The van der Waals surface area contributed by atoms with E-state index in [9.17, 15) is 4.79 Å². The van der Waals surface area contributed by atoms with Crippen LogP contribution in [0.5, 0.6) is 0 Å². The summed E-state index contributed by atoms with van der Waals surface area (Å²) in [5.41, 5.74) is 0.454. The third-order valence-corrected chi connectivity index (χ3v) is 2.10. The molecule has 0 aliphatic rings. The number of carbonyl (C=O) groups excluding carboxylic acids is 1. The van der Waals surface area contributed by atoms with Crippen LogP contribution in [0.1, 0.15) is 6.92 Å². The quantitative estimate of drug-likeness (QED) is 0.383. The molecule has 0 aromatic heterocycles. The Morgan fingerprint density at radius 3 is 2.83 bits per heavy atom. The molecule has 4 heteroatoms. The fourth-order valence-electron chi connectivity index (χ4n) is 0.552. The van der Waals surface area contributed by atoms with Crippen molar-refractivity contribution in [3.05, 3.63) is 12.2 Å². The molecule has 0 aromatic carbocycles.